The van der Waals surface area contributed by atoms with Crippen LogP contribution < -0.4 is 5.73 Å². The number of benzene rings is 1. The van der Waals surface area contributed by atoms with Crippen molar-refractivity contribution in [3.05, 3.63) is 50.1 Å². The average Bonchev–Trinajstić information content (AvgIpc) is 2.74. The molecule has 19 heavy (non-hydrogen) atoms. The first-order valence-electron chi connectivity index (χ1n) is 6.21. The predicted octanol–water partition coefficient (Wildman–Crippen LogP) is 5.31. The molecule has 0 saturated carbocycles. The summed E-state index contributed by atoms with van der Waals surface area (Å²) in [4.78, 5) is 2.64. The van der Waals surface area contributed by atoms with Crippen LogP contribution in [0.4, 0.5) is 0 Å². The molecule has 0 radical (unpaired) electrons. The topological polar surface area (TPSA) is 26.0 Å². The first kappa shape index (κ1) is 15.1. The molecule has 0 aliphatic carbocycles. The summed E-state index contributed by atoms with van der Waals surface area (Å²) in [6.45, 7) is 6.37. The third kappa shape index (κ3) is 3.85. The second-order valence-corrected chi connectivity index (χ2v) is 7.88. The zero-order chi connectivity index (χ0) is 14.0. The van der Waals surface area contributed by atoms with Crippen molar-refractivity contribution in [1.82, 2.24) is 0 Å². The van der Waals surface area contributed by atoms with Gasteiger partial charge in [0.1, 0.15) is 0 Å². The van der Waals surface area contributed by atoms with Crippen molar-refractivity contribution < 1.29 is 0 Å². The number of nitrogens with two attached hydrogens (primary N) is 1. The smallest absolute Gasteiger partial charge is 0.0587 e. The summed E-state index contributed by atoms with van der Waals surface area (Å²) in [5.41, 5.74) is 8.81. The summed E-state index contributed by atoms with van der Waals surface area (Å²) in [6.07, 6.45) is 0. The molecule has 2 unspecified atom stereocenters. The van der Waals surface area contributed by atoms with Gasteiger partial charge in [-0.2, -0.15) is 0 Å². The van der Waals surface area contributed by atoms with E-state index in [1.165, 1.54) is 20.9 Å². The Hall–Kier alpha value is -0.290. The molecule has 1 nitrogen and oxygen atoms in total. The van der Waals surface area contributed by atoms with E-state index in [4.69, 9.17) is 5.73 Å². The quantitative estimate of drug-likeness (QED) is 0.752. The minimum atomic E-state index is 0.122. The highest BCUT2D eigenvalue weighted by Crippen LogP contribution is 2.41. The Kier molecular flexibility index (Phi) is 5.12. The average molecular weight is 356 g/mol. The molecule has 0 saturated heterocycles. The van der Waals surface area contributed by atoms with Crippen molar-refractivity contribution in [3.8, 4) is 0 Å². The molecular weight excluding hydrogens is 338 g/mol. The Morgan fingerprint density at radius 1 is 1.26 bits per heavy atom. The zero-order valence-electron chi connectivity index (χ0n) is 11.3. The summed E-state index contributed by atoms with van der Waals surface area (Å²) in [7, 11) is 0. The molecule has 102 valence electrons. The van der Waals surface area contributed by atoms with Crippen LogP contribution in [0.5, 0.6) is 0 Å². The fraction of sp³-hybridized carbons (Fsp3) is 0.333. The minimum absolute atomic E-state index is 0.122. The van der Waals surface area contributed by atoms with Gasteiger partial charge in [0.05, 0.1) is 5.25 Å². The van der Waals surface area contributed by atoms with Crippen molar-refractivity contribution in [3.63, 3.8) is 0 Å². The third-order valence-corrected chi connectivity index (χ3v) is 6.51. The summed E-state index contributed by atoms with van der Waals surface area (Å²) in [6, 6.07) is 8.89. The summed E-state index contributed by atoms with van der Waals surface area (Å²) >= 11 is 7.15. The van der Waals surface area contributed by atoms with E-state index in [1.54, 1.807) is 11.3 Å². The third-order valence-electron chi connectivity index (χ3n) is 2.93. The molecule has 4 heteroatoms. The molecule has 1 heterocycles. The lowest BCUT2D eigenvalue weighted by Crippen LogP contribution is -2.21. The van der Waals surface area contributed by atoms with E-state index in [0.717, 1.165) is 4.47 Å². The molecule has 0 spiro atoms. The van der Waals surface area contributed by atoms with Crippen molar-refractivity contribution in [2.75, 3.05) is 0 Å². The predicted molar refractivity (Wildman–Crippen MR) is 90.2 cm³/mol. The second-order valence-electron chi connectivity index (χ2n) is 4.83. The SMILES string of the molecule is Cc1ccc(SC(c2cc(Br)cs2)C(C)N)c(C)c1. The van der Waals surface area contributed by atoms with Gasteiger partial charge in [-0.05, 0) is 54.4 Å². The van der Waals surface area contributed by atoms with E-state index in [1.807, 2.05) is 11.8 Å². The van der Waals surface area contributed by atoms with Crippen LogP contribution in [0.25, 0.3) is 0 Å². The van der Waals surface area contributed by atoms with Crippen LogP contribution in [-0.4, -0.2) is 6.04 Å². The van der Waals surface area contributed by atoms with E-state index in [9.17, 15) is 0 Å². The molecule has 2 rings (SSSR count). The van der Waals surface area contributed by atoms with E-state index < -0.39 is 0 Å². The van der Waals surface area contributed by atoms with Gasteiger partial charge in [0.2, 0.25) is 0 Å². The zero-order valence-corrected chi connectivity index (χ0v) is 14.5. The van der Waals surface area contributed by atoms with E-state index in [2.05, 4.69) is 66.3 Å². The number of hydrogen-bond acceptors (Lipinski definition) is 3. The first-order chi connectivity index (χ1) is 8.97. The molecule has 2 N–H and O–H groups in total. The Balaban J connectivity index is 2.26. The number of hydrogen-bond donors (Lipinski definition) is 1. The monoisotopic (exact) mass is 355 g/mol. The van der Waals surface area contributed by atoms with Crippen LogP contribution in [0.3, 0.4) is 0 Å². The van der Waals surface area contributed by atoms with Gasteiger partial charge in [0.15, 0.2) is 0 Å². The lowest BCUT2D eigenvalue weighted by Gasteiger charge is -2.20. The number of thioether (sulfide) groups is 1. The largest absolute Gasteiger partial charge is 0.327 e. The van der Waals surface area contributed by atoms with Gasteiger partial charge in [-0.25, -0.2) is 0 Å². The minimum Gasteiger partial charge on any atom is -0.327 e. The van der Waals surface area contributed by atoms with Crippen molar-refractivity contribution in [2.45, 2.75) is 37.0 Å². The summed E-state index contributed by atoms with van der Waals surface area (Å²) in [5, 5.41) is 2.42. The number of aryl methyl sites for hydroxylation is 2. The molecule has 2 atom stereocenters. The number of halogens is 1. The Morgan fingerprint density at radius 3 is 2.53 bits per heavy atom. The molecule has 0 aliphatic heterocycles. The van der Waals surface area contributed by atoms with Gasteiger partial charge >= 0.3 is 0 Å². The molecule has 0 fully saturated rings. The lowest BCUT2D eigenvalue weighted by atomic mass is 10.2. The lowest BCUT2D eigenvalue weighted by molar-refractivity contribution is 0.729. The molecule has 0 aliphatic rings. The van der Waals surface area contributed by atoms with Crippen LogP contribution in [0, 0.1) is 13.8 Å². The van der Waals surface area contributed by atoms with Gasteiger partial charge in [-0.3, -0.25) is 0 Å². The highest BCUT2D eigenvalue weighted by molar-refractivity contribution is 9.10. The van der Waals surface area contributed by atoms with E-state index in [0.29, 0.717) is 5.25 Å². The maximum absolute atomic E-state index is 6.18. The van der Waals surface area contributed by atoms with Crippen LogP contribution in [-0.2, 0) is 0 Å². The summed E-state index contributed by atoms with van der Waals surface area (Å²) in [5.74, 6) is 0. The number of rotatable bonds is 4. The van der Waals surface area contributed by atoms with Crippen LogP contribution in [0.1, 0.15) is 28.2 Å². The highest BCUT2D eigenvalue weighted by atomic mass is 79.9. The maximum atomic E-state index is 6.18. The molecule has 1 aromatic heterocycles. The molecule has 0 bridgehead atoms. The van der Waals surface area contributed by atoms with Crippen LogP contribution in [0.15, 0.2) is 39.0 Å². The van der Waals surface area contributed by atoms with Crippen LogP contribution in [0.2, 0.25) is 0 Å². The van der Waals surface area contributed by atoms with Crippen LogP contribution >= 0.6 is 39.0 Å². The van der Waals surface area contributed by atoms with Gasteiger partial charge in [0, 0.05) is 25.7 Å². The normalized spacial score (nSPS) is 14.4. The fourth-order valence-electron chi connectivity index (χ4n) is 1.97. The Labute approximate surface area is 131 Å². The molecule has 0 amide bonds. The molecule has 1 aromatic carbocycles. The fourth-order valence-corrected chi connectivity index (χ4v) is 4.88. The van der Waals surface area contributed by atoms with Gasteiger partial charge < -0.3 is 5.73 Å². The molecule has 2 aromatic rings. The number of thiophene rings is 1. The second kappa shape index (κ2) is 6.44. The van der Waals surface area contributed by atoms with E-state index in [-0.39, 0.29) is 6.04 Å². The van der Waals surface area contributed by atoms with Gasteiger partial charge in [0.25, 0.3) is 0 Å². The van der Waals surface area contributed by atoms with Crippen molar-refractivity contribution in [2.24, 2.45) is 5.73 Å². The molecular formula is C15H18BrNS2. The van der Waals surface area contributed by atoms with Crippen molar-refractivity contribution in [1.29, 1.82) is 0 Å². The Bertz CT molecular complexity index is 563. The summed E-state index contributed by atoms with van der Waals surface area (Å²) < 4.78 is 1.14. The highest BCUT2D eigenvalue weighted by Gasteiger charge is 2.20. The standard InChI is InChI=1S/C15H18BrNS2/c1-9-4-5-13(10(2)6-9)19-15(11(3)17)14-7-12(16)8-18-14/h4-8,11,15H,17H2,1-3H3. The van der Waals surface area contributed by atoms with Gasteiger partial charge in [-0.15, -0.1) is 23.1 Å². The maximum Gasteiger partial charge on any atom is 0.0587 e. The Morgan fingerprint density at radius 2 is 2.00 bits per heavy atom. The van der Waals surface area contributed by atoms with Gasteiger partial charge in [-0.1, -0.05) is 17.7 Å². The van der Waals surface area contributed by atoms with Crippen molar-refractivity contribution >= 4 is 39.0 Å². The van der Waals surface area contributed by atoms with E-state index >= 15 is 0 Å². The first-order valence-corrected chi connectivity index (χ1v) is 8.76.